The Kier molecular flexibility index (Phi) is 3.50. The summed E-state index contributed by atoms with van der Waals surface area (Å²) in [5, 5.41) is 8.71. The van der Waals surface area contributed by atoms with Gasteiger partial charge in [-0.15, -0.1) is 0 Å². The number of rotatable bonds is 2. The van der Waals surface area contributed by atoms with Crippen LogP contribution in [0, 0.1) is 0 Å². The first-order valence-corrected chi connectivity index (χ1v) is 5.40. The molecule has 0 aliphatic heterocycles. The molecular formula is C9H8Br2O2. The number of carboxylic acid groups (broad SMARTS) is 1. The molecule has 1 atom stereocenters. The van der Waals surface area contributed by atoms with Crippen LogP contribution in [0.4, 0.5) is 0 Å². The zero-order valence-electron chi connectivity index (χ0n) is 6.92. The molecule has 0 amide bonds. The standard InChI is InChI=1S/C9H8Br2O2/c1-5(10)7-3-2-6(9(12)13)4-8(7)11/h2-5H,1H3,(H,12,13). The van der Waals surface area contributed by atoms with Gasteiger partial charge in [0.05, 0.1) is 5.56 Å². The molecule has 1 rings (SSSR count). The van der Waals surface area contributed by atoms with Gasteiger partial charge >= 0.3 is 5.97 Å². The van der Waals surface area contributed by atoms with E-state index in [4.69, 9.17) is 5.11 Å². The maximum atomic E-state index is 10.6. The van der Waals surface area contributed by atoms with Crippen LogP contribution in [0.2, 0.25) is 0 Å². The van der Waals surface area contributed by atoms with Gasteiger partial charge in [0.1, 0.15) is 0 Å². The van der Waals surface area contributed by atoms with Crippen LogP contribution in [0.5, 0.6) is 0 Å². The maximum absolute atomic E-state index is 10.6. The van der Waals surface area contributed by atoms with E-state index in [0.29, 0.717) is 5.56 Å². The number of halogens is 2. The quantitative estimate of drug-likeness (QED) is 0.848. The largest absolute Gasteiger partial charge is 0.478 e. The summed E-state index contributed by atoms with van der Waals surface area (Å²) in [4.78, 5) is 10.8. The molecule has 0 heterocycles. The van der Waals surface area contributed by atoms with Gasteiger partial charge in [0.25, 0.3) is 0 Å². The lowest BCUT2D eigenvalue weighted by Crippen LogP contribution is -1.97. The van der Waals surface area contributed by atoms with E-state index in [9.17, 15) is 4.79 Å². The van der Waals surface area contributed by atoms with Crippen LogP contribution >= 0.6 is 31.9 Å². The summed E-state index contributed by atoms with van der Waals surface area (Å²) >= 11 is 6.74. The Balaban J connectivity index is 3.13. The number of carbonyl (C=O) groups is 1. The van der Waals surface area contributed by atoms with E-state index >= 15 is 0 Å². The van der Waals surface area contributed by atoms with Crippen LogP contribution < -0.4 is 0 Å². The van der Waals surface area contributed by atoms with E-state index in [0.717, 1.165) is 10.0 Å². The number of benzene rings is 1. The van der Waals surface area contributed by atoms with Crippen molar-refractivity contribution in [1.82, 2.24) is 0 Å². The van der Waals surface area contributed by atoms with Gasteiger partial charge in [0.2, 0.25) is 0 Å². The highest BCUT2D eigenvalue weighted by Crippen LogP contribution is 2.29. The Labute approximate surface area is 93.2 Å². The number of hydrogen-bond acceptors (Lipinski definition) is 1. The monoisotopic (exact) mass is 306 g/mol. The van der Waals surface area contributed by atoms with Crippen LogP contribution in [0.1, 0.15) is 27.7 Å². The van der Waals surface area contributed by atoms with Gasteiger partial charge in [-0.3, -0.25) is 0 Å². The minimum atomic E-state index is -0.908. The van der Waals surface area contributed by atoms with Crippen molar-refractivity contribution in [2.75, 3.05) is 0 Å². The minimum Gasteiger partial charge on any atom is -0.478 e. The molecule has 0 aliphatic rings. The highest BCUT2D eigenvalue weighted by atomic mass is 79.9. The summed E-state index contributed by atoms with van der Waals surface area (Å²) in [6.45, 7) is 1.99. The average Bonchev–Trinajstić information content (AvgIpc) is 2.03. The smallest absolute Gasteiger partial charge is 0.335 e. The van der Waals surface area contributed by atoms with Gasteiger partial charge in [0, 0.05) is 9.30 Å². The van der Waals surface area contributed by atoms with E-state index < -0.39 is 5.97 Å². The van der Waals surface area contributed by atoms with E-state index in [-0.39, 0.29) is 4.83 Å². The second-order valence-corrected chi connectivity index (χ2v) is 4.89. The van der Waals surface area contributed by atoms with Crippen LogP contribution in [0.3, 0.4) is 0 Å². The van der Waals surface area contributed by atoms with E-state index in [1.54, 1.807) is 18.2 Å². The van der Waals surface area contributed by atoms with Crippen molar-refractivity contribution in [3.8, 4) is 0 Å². The molecule has 13 heavy (non-hydrogen) atoms. The molecule has 0 spiro atoms. The first-order chi connectivity index (χ1) is 6.02. The molecular weight excluding hydrogens is 300 g/mol. The van der Waals surface area contributed by atoms with Gasteiger partial charge in [0.15, 0.2) is 0 Å². The van der Waals surface area contributed by atoms with Crippen molar-refractivity contribution in [2.24, 2.45) is 0 Å². The van der Waals surface area contributed by atoms with Crippen molar-refractivity contribution in [2.45, 2.75) is 11.8 Å². The summed E-state index contributed by atoms with van der Waals surface area (Å²) in [7, 11) is 0. The lowest BCUT2D eigenvalue weighted by atomic mass is 10.1. The Morgan fingerprint density at radius 2 is 2.15 bits per heavy atom. The Morgan fingerprint density at radius 3 is 2.54 bits per heavy atom. The summed E-state index contributed by atoms with van der Waals surface area (Å²) in [6.07, 6.45) is 0. The number of aromatic carboxylic acids is 1. The predicted octanol–water partition coefficient (Wildman–Crippen LogP) is 3.60. The highest BCUT2D eigenvalue weighted by molar-refractivity contribution is 9.11. The first-order valence-electron chi connectivity index (χ1n) is 3.69. The molecule has 0 aliphatic carbocycles. The second kappa shape index (κ2) is 4.24. The molecule has 1 aromatic carbocycles. The maximum Gasteiger partial charge on any atom is 0.335 e. The molecule has 0 radical (unpaired) electrons. The van der Waals surface area contributed by atoms with E-state index in [2.05, 4.69) is 31.9 Å². The summed E-state index contributed by atoms with van der Waals surface area (Å²) < 4.78 is 0.816. The fourth-order valence-corrected chi connectivity index (χ4v) is 2.41. The zero-order chi connectivity index (χ0) is 10.0. The topological polar surface area (TPSA) is 37.3 Å². The summed E-state index contributed by atoms with van der Waals surface area (Å²) in [6, 6.07) is 5.00. The number of carboxylic acids is 1. The summed E-state index contributed by atoms with van der Waals surface area (Å²) in [5.74, 6) is -0.908. The molecule has 2 nitrogen and oxygen atoms in total. The van der Waals surface area contributed by atoms with E-state index in [1.807, 2.05) is 6.92 Å². The lowest BCUT2D eigenvalue weighted by molar-refractivity contribution is 0.0697. The molecule has 4 heteroatoms. The van der Waals surface area contributed by atoms with Crippen molar-refractivity contribution < 1.29 is 9.90 Å². The van der Waals surface area contributed by atoms with Gasteiger partial charge in [-0.1, -0.05) is 37.9 Å². The second-order valence-electron chi connectivity index (χ2n) is 2.66. The van der Waals surface area contributed by atoms with Crippen molar-refractivity contribution in [3.05, 3.63) is 33.8 Å². The molecule has 0 fully saturated rings. The van der Waals surface area contributed by atoms with Gasteiger partial charge in [-0.2, -0.15) is 0 Å². The number of alkyl halides is 1. The molecule has 0 aromatic heterocycles. The van der Waals surface area contributed by atoms with Gasteiger partial charge in [-0.25, -0.2) is 4.79 Å². The van der Waals surface area contributed by atoms with Crippen molar-refractivity contribution >= 4 is 37.8 Å². The highest BCUT2D eigenvalue weighted by Gasteiger charge is 2.09. The predicted molar refractivity (Wildman–Crippen MR) is 58.4 cm³/mol. The SMILES string of the molecule is CC(Br)c1ccc(C(=O)O)cc1Br. The van der Waals surface area contributed by atoms with Gasteiger partial charge in [-0.05, 0) is 24.6 Å². The zero-order valence-corrected chi connectivity index (χ0v) is 10.1. The average molecular weight is 308 g/mol. The first kappa shape index (κ1) is 10.7. The fourth-order valence-electron chi connectivity index (χ4n) is 0.983. The van der Waals surface area contributed by atoms with Crippen LogP contribution in [-0.2, 0) is 0 Å². The summed E-state index contributed by atoms with van der Waals surface area (Å²) in [5.41, 5.74) is 1.34. The minimum absolute atomic E-state index is 0.213. The Hall–Kier alpha value is -0.350. The van der Waals surface area contributed by atoms with Crippen LogP contribution in [0.15, 0.2) is 22.7 Å². The molecule has 0 saturated carbocycles. The molecule has 70 valence electrons. The van der Waals surface area contributed by atoms with Crippen LogP contribution in [-0.4, -0.2) is 11.1 Å². The van der Waals surface area contributed by atoms with Crippen LogP contribution in [0.25, 0.3) is 0 Å². The third-order valence-corrected chi connectivity index (χ3v) is 2.86. The van der Waals surface area contributed by atoms with Crippen molar-refractivity contribution in [1.29, 1.82) is 0 Å². The van der Waals surface area contributed by atoms with Gasteiger partial charge < -0.3 is 5.11 Å². The number of hydrogen-bond donors (Lipinski definition) is 1. The normalized spacial score (nSPS) is 12.5. The molecule has 1 aromatic rings. The molecule has 1 N–H and O–H groups in total. The fraction of sp³-hybridized carbons (Fsp3) is 0.222. The molecule has 0 bridgehead atoms. The van der Waals surface area contributed by atoms with E-state index in [1.165, 1.54) is 0 Å². The molecule has 0 saturated heterocycles. The third kappa shape index (κ3) is 2.54. The Morgan fingerprint density at radius 1 is 1.54 bits per heavy atom. The lowest BCUT2D eigenvalue weighted by Gasteiger charge is -2.06. The van der Waals surface area contributed by atoms with Crippen molar-refractivity contribution in [3.63, 3.8) is 0 Å². The third-order valence-electron chi connectivity index (χ3n) is 1.68. The molecule has 1 unspecified atom stereocenters. The Bertz CT molecular complexity index is 334.